The molecule has 0 saturated heterocycles. The second-order valence-corrected chi connectivity index (χ2v) is 4.15. The molecule has 1 N–H and O–H groups in total. The second-order valence-electron chi connectivity index (χ2n) is 3.24. The van der Waals surface area contributed by atoms with Gasteiger partial charge in [0.15, 0.2) is 0 Å². The molecule has 0 heterocycles. The van der Waals surface area contributed by atoms with Crippen LogP contribution < -0.4 is 5.32 Å². The highest BCUT2D eigenvalue weighted by atomic mass is 79.9. The van der Waals surface area contributed by atoms with Gasteiger partial charge in [-0.2, -0.15) is 0 Å². The van der Waals surface area contributed by atoms with Gasteiger partial charge < -0.3 is 10.1 Å². The summed E-state index contributed by atoms with van der Waals surface area (Å²) in [5, 5.41) is 2.97. The summed E-state index contributed by atoms with van der Waals surface area (Å²) < 4.78 is 18.5. The highest BCUT2D eigenvalue weighted by molar-refractivity contribution is 9.10. The van der Waals surface area contributed by atoms with Crippen LogP contribution in [0.2, 0.25) is 0 Å². The van der Waals surface area contributed by atoms with Crippen molar-refractivity contribution in [3.05, 3.63) is 34.1 Å². The fourth-order valence-electron chi connectivity index (χ4n) is 1.18. The van der Waals surface area contributed by atoms with Crippen LogP contribution in [0.3, 0.4) is 0 Å². The zero-order chi connectivity index (χ0) is 12.0. The number of hydrogen-bond acceptors (Lipinski definition) is 3. The van der Waals surface area contributed by atoms with E-state index < -0.39 is 0 Å². The average Bonchev–Trinajstić information content (AvgIpc) is 2.26. The number of nitrogens with one attached hydrogen (secondary N) is 1. The molecule has 0 spiro atoms. The molecule has 0 radical (unpaired) electrons. The minimum Gasteiger partial charge on any atom is -0.469 e. The van der Waals surface area contributed by atoms with Gasteiger partial charge in [-0.05, 0) is 12.1 Å². The molecule has 1 aromatic carbocycles. The molecule has 3 nitrogen and oxygen atoms in total. The molecule has 1 aromatic rings. The van der Waals surface area contributed by atoms with E-state index in [-0.39, 0.29) is 18.2 Å². The Morgan fingerprint density at radius 3 is 2.94 bits per heavy atom. The van der Waals surface area contributed by atoms with Crippen molar-refractivity contribution in [2.45, 2.75) is 13.0 Å². The minimum absolute atomic E-state index is 0.264. The molecule has 5 heteroatoms. The van der Waals surface area contributed by atoms with E-state index in [0.29, 0.717) is 23.1 Å². The molecule has 0 aliphatic heterocycles. The Hall–Kier alpha value is -0.940. The molecule has 0 saturated carbocycles. The summed E-state index contributed by atoms with van der Waals surface area (Å²) in [7, 11) is 1.34. The van der Waals surface area contributed by atoms with E-state index >= 15 is 0 Å². The van der Waals surface area contributed by atoms with Crippen molar-refractivity contribution in [3.8, 4) is 0 Å². The number of benzene rings is 1. The fourth-order valence-corrected chi connectivity index (χ4v) is 1.51. The van der Waals surface area contributed by atoms with Crippen LogP contribution in [0.1, 0.15) is 12.0 Å². The smallest absolute Gasteiger partial charge is 0.306 e. The van der Waals surface area contributed by atoms with Gasteiger partial charge in [-0.25, -0.2) is 4.39 Å². The number of rotatable bonds is 5. The molecule has 0 bridgehead atoms. The highest BCUT2D eigenvalue weighted by Gasteiger charge is 2.03. The van der Waals surface area contributed by atoms with Gasteiger partial charge in [0, 0.05) is 23.1 Å². The summed E-state index contributed by atoms with van der Waals surface area (Å²) in [5.74, 6) is -0.538. The molecule has 0 aliphatic carbocycles. The number of ether oxygens (including phenoxy) is 1. The van der Waals surface area contributed by atoms with Crippen LogP contribution in [-0.2, 0) is 16.1 Å². The molecule has 0 aliphatic rings. The number of hydrogen-bond donors (Lipinski definition) is 1. The Morgan fingerprint density at radius 2 is 2.31 bits per heavy atom. The molecule has 0 unspecified atom stereocenters. The summed E-state index contributed by atoms with van der Waals surface area (Å²) in [6.07, 6.45) is 0.286. The highest BCUT2D eigenvalue weighted by Crippen LogP contribution is 2.14. The van der Waals surface area contributed by atoms with E-state index in [1.807, 2.05) is 0 Å². The van der Waals surface area contributed by atoms with Gasteiger partial charge in [-0.15, -0.1) is 0 Å². The van der Waals surface area contributed by atoms with Gasteiger partial charge in [-0.1, -0.05) is 22.0 Å². The maximum absolute atomic E-state index is 13.3. The van der Waals surface area contributed by atoms with Gasteiger partial charge >= 0.3 is 5.97 Å². The monoisotopic (exact) mass is 289 g/mol. The summed E-state index contributed by atoms with van der Waals surface area (Å²) in [4.78, 5) is 10.8. The first-order chi connectivity index (χ1) is 7.63. The van der Waals surface area contributed by atoms with Gasteiger partial charge in [0.2, 0.25) is 0 Å². The molecule has 88 valence electrons. The van der Waals surface area contributed by atoms with Gasteiger partial charge in [-0.3, -0.25) is 4.79 Å². The number of methoxy groups -OCH3 is 1. The van der Waals surface area contributed by atoms with Crippen LogP contribution >= 0.6 is 15.9 Å². The topological polar surface area (TPSA) is 38.3 Å². The van der Waals surface area contributed by atoms with E-state index in [0.717, 1.165) is 0 Å². The van der Waals surface area contributed by atoms with Gasteiger partial charge in [0.05, 0.1) is 13.5 Å². The van der Waals surface area contributed by atoms with Crippen molar-refractivity contribution in [1.29, 1.82) is 0 Å². The van der Waals surface area contributed by atoms with E-state index in [1.165, 1.54) is 13.2 Å². The van der Waals surface area contributed by atoms with Crippen LogP contribution in [0.15, 0.2) is 22.7 Å². The lowest BCUT2D eigenvalue weighted by Gasteiger charge is -2.05. The molecule has 16 heavy (non-hydrogen) atoms. The largest absolute Gasteiger partial charge is 0.469 e. The average molecular weight is 290 g/mol. The first-order valence-electron chi connectivity index (χ1n) is 4.85. The summed E-state index contributed by atoms with van der Waals surface area (Å²) in [5.41, 5.74) is 0.577. The first-order valence-corrected chi connectivity index (χ1v) is 5.64. The lowest BCUT2D eigenvalue weighted by molar-refractivity contribution is -0.140. The Kier molecular flexibility index (Phi) is 5.42. The van der Waals surface area contributed by atoms with Crippen molar-refractivity contribution < 1.29 is 13.9 Å². The van der Waals surface area contributed by atoms with Crippen molar-refractivity contribution in [2.75, 3.05) is 13.7 Å². The van der Waals surface area contributed by atoms with Crippen LogP contribution in [0.25, 0.3) is 0 Å². The van der Waals surface area contributed by atoms with E-state index in [1.54, 1.807) is 12.1 Å². The maximum atomic E-state index is 13.3. The van der Waals surface area contributed by atoms with Crippen molar-refractivity contribution in [3.63, 3.8) is 0 Å². The van der Waals surface area contributed by atoms with Crippen LogP contribution in [-0.4, -0.2) is 19.6 Å². The summed E-state index contributed by atoms with van der Waals surface area (Å²) in [6, 6.07) is 4.89. The maximum Gasteiger partial charge on any atom is 0.306 e. The van der Waals surface area contributed by atoms with E-state index in [4.69, 9.17) is 0 Å². The molecule has 0 amide bonds. The molecule has 1 rings (SSSR count). The third-order valence-electron chi connectivity index (χ3n) is 2.06. The lowest BCUT2D eigenvalue weighted by atomic mass is 10.2. The molecular weight excluding hydrogens is 277 g/mol. The Labute approximate surface area is 102 Å². The second kappa shape index (κ2) is 6.60. The van der Waals surface area contributed by atoms with Crippen LogP contribution in [0, 0.1) is 5.82 Å². The van der Waals surface area contributed by atoms with Crippen LogP contribution in [0.5, 0.6) is 0 Å². The predicted octanol–water partition coefficient (Wildman–Crippen LogP) is 2.24. The predicted molar refractivity (Wildman–Crippen MR) is 62.4 cm³/mol. The third-order valence-corrected chi connectivity index (χ3v) is 2.56. The molecule has 0 fully saturated rings. The van der Waals surface area contributed by atoms with Crippen molar-refractivity contribution in [2.24, 2.45) is 0 Å². The Bertz CT molecular complexity index is 371. The standard InChI is InChI=1S/C11H13BrFNO2/c1-16-11(15)4-5-14-7-8-2-3-9(12)6-10(8)13/h2-3,6,14H,4-5,7H2,1H3. The number of halogens is 2. The number of carbonyl (C=O) groups excluding carboxylic acids is 1. The van der Waals surface area contributed by atoms with Crippen molar-refractivity contribution >= 4 is 21.9 Å². The van der Waals surface area contributed by atoms with Gasteiger partial charge in [0.25, 0.3) is 0 Å². The van der Waals surface area contributed by atoms with Crippen molar-refractivity contribution in [1.82, 2.24) is 5.32 Å². The number of esters is 1. The van der Waals surface area contributed by atoms with Crippen LogP contribution in [0.4, 0.5) is 4.39 Å². The lowest BCUT2D eigenvalue weighted by Crippen LogP contribution is -2.19. The molecular formula is C11H13BrFNO2. The minimum atomic E-state index is -0.274. The molecule has 0 aromatic heterocycles. The number of carbonyl (C=O) groups is 1. The quantitative estimate of drug-likeness (QED) is 0.667. The summed E-state index contributed by atoms with van der Waals surface area (Å²) >= 11 is 3.18. The SMILES string of the molecule is COC(=O)CCNCc1ccc(Br)cc1F. The van der Waals surface area contributed by atoms with Gasteiger partial charge in [0.1, 0.15) is 5.82 Å². The Balaban J connectivity index is 2.35. The zero-order valence-electron chi connectivity index (χ0n) is 8.93. The first kappa shape index (κ1) is 13.1. The van der Waals surface area contributed by atoms with E-state index in [2.05, 4.69) is 26.0 Å². The third kappa shape index (κ3) is 4.28. The Morgan fingerprint density at radius 1 is 1.56 bits per heavy atom. The summed E-state index contributed by atoms with van der Waals surface area (Å²) in [6.45, 7) is 0.873. The van der Waals surface area contributed by atoms with E-state index in [9.17, 15) is 9.18 Å². The molecule has 0 atom stereocenters. The normalized spacial score (nSPS) is 10.2. The zero-order valence-corrected chi connectivity index (χ0v) is 10.5. The fraction of sp³-hybridized carbons (Fsp3) is 0.364.